The molecular formula is C18H25NO3. The molecule has 1 aromatic rings. The summed E-state index contributed by atoms with van der Waals surface area (Å²) in [7, 11) is 0. The number of ether oxygens (including phenoxy) is 2. The van der Waals surface area contributed by atoms with Crippen LogP contribution in [-0.2, 0) is 16.1 Å². The lowest BCUT2D eigenvalue weighted by atomic mass is 10.1. The number of carbonyl (C=O) groups excluding carboxylic acids is 1. The molecule has 2 fully saturated rings. The minimum Gasteiger partial charge on any atom is -0.493 e. The summed E-state index contributed by atoms with van der Waals surface area (Å²) in [6, 6.07) is 7.96. The molecule has 3 rings (SSSR count). The molecule has 4 heteroatoms. The summed E-state index contributed by atoms with van der Waals surface area (Å²) in [5.41, 5.74) is 1.05. The van der Waals surface area contributed by atoms with E-state index in [1.807, 2.05) is 24.3 Å². The Hall–Kier alpha value is -1.55. The van der Waals surface area contributed by atoms with E-state index in [2.05, 4.69) is 5.32 Å². The SMILES string of the molecule is O=C(CCC1CCCO1)NCc1ccccc1OCC1CC1. The van der Waals surface area contributed by atoms with Crippen LogP contribution in [0.3, 0.4) is 0 Å². The predicted octanol–water partition coefficient (Wildman–Crippen LogP) is 3.05. The third-order valence-corrected chi connectivity index (χ3v) is 4.34. The second kappa shape index (κ2) is 7.63. The Kier molecular flexibility index (Phi) is 5.33. The van der Waals surface area contributed by atoms with E-state index in [-0.39, 0.29) is 12.0 Å². The first-order valence-electron chi connectivity index (χ1n) is 8.40. The van der Waals surface area contributed by atoms with Gasteiger partial charge in [0.1, 0.15) is 5.75 Å². The van der Waals surface area contributed by atoms with Crippen molar-refractivity contribution in [2.75, 3.05) is 13.2 Å². The fraction of sp³-hybridized carbons (Fsp3) is 0.611. The van der Waals surface area contributed by atoms with E-state index in [1.165, 1.54) is 12.8 Å². The van der Waals surface area contributed by atoms with Gasteiger partial charge in [-0.2, -0.15) is 0 Å². The highest BCUT2D eigenvalue weighted by Gasteiger charge is 2.22. The highest BCUT2D eigenvalue weighted by atomic mass is 16.5. The predicted molar refractivity (Wildman–Crippen MR) is 84.7 cm³/mol. The highest BCUT2D eigenvalue weighted by molar-refractivity contribution is 5.75. The van der Waals surface area contributed by atoms with E-state index in [9.17, 15) is 4.79 Å². The standard InChI is InChI=1S/C18H25NO3/c20-18(10-9-16-5-3-11-21-16)19-12-15-4-1-2-6-17(15)22-13-14-7-8-14/h1-2,4,6,14,16H,3,5,7-13H2,(H,19,20). The molecule has 1 aliphatic carbocycles. The lowest BCUT2D eigenvalue weighted by Gasteiger charge is -2.13. The Bertz CT molecular complexity index is 493. The Morgan fingerprint density at radius 1 is 1.27 bits per heavy atom. The smallest absolute Gasteiger partial charge is 0.220 e. The highest BCUT2D eigenvalue weighted by Crippen LogP contribution is 2.30. The summed E-state index contributed by atoms with van der Waals surface area (Å²) in [5, 5.41) is 2.99. The van der Waals surface area contributed by atoms with E-state index in [4.69, 9.17) is 9.47 Å². The maximum atomic E-state index is 12.0. The molecule has 1 saturated carbocycles. The molecule has 1 aliphatic heterocycles. The molecule has 1 amide bonds. The summed E-state index contributed by atoms with van der Waals surface area (Å²) in [6.07, 6.45) is 6.41. The van der Waals surface area contributed by atoms with Gasteiger partial charge in [0.05, 0.1) is 12.7 Å². The zero-order chi connectivity index (χ0) is 15.2. The summed E-state index contributed by atoms with van der Waals surface area (Å²) in [5.74, 6) is 1.72. The Morgan fingerprint density at radius 3 is 2.91 bits per heavy atom. The largest absolute Gasteiger partial charge is 0.493 e. The maximum Gasteiger partial charge on any atom is 0.220 e. The van der Waals surface area contributed by atoms with E-state index >= 15 is 0 Å². The van der Waals surface area contributed by atoms with Gasteiger partial charge in [-0.15, -0.1) is 0 Å². The zero-order valence-electron chi connectivity index (χ0n) is 13.1. The first-order chi connectivity index (χ1) is 10.8. The number of rotatable bonds is 8. The molecule has 2 aliphatic rings. The van der Waals surface area contributed by atoms with Crippen LogP contribution in [0.4, 0.5) is 0 Å². The van der Waals surface area contributed by atoms with Gasteiger partial charge in [0.25, 0.3) is 0 Å². The van der Waals surface area contributed by atoms with Gasteiger partial charge in [-0.25, -0.2) is 0 Å². The van der Waals surface area contributed by atoms with Crippen LogP contribution in [0, 0.1) is 5.92 Å². The lowest BCUT2D eigenvalue weighted by Crippen LogP contribution is -2.24. The molecule has 1 N–H and O–H groups in total. The second-order valence-corrected chi connectivity index (χ2v) is 6.31. The molecule has 0 radical (unpaired) electrons. The first-order valence-corrected chi connectivity index (χ1v) is 8.40. The molecule has 1 saturated heterocycles. The second-order valence-electron chi connectivity index (χ2n) is 6.31. The van der Waals surface area contributed by atoms with Crippen molar-refractivity contribution in [3.63, 3.8) is 0 Å². The summed E-state index contributed by atoms with van der Waals surface area (Å²) < 4.78 is 11.4. The Labute approximate surface area is 132 Å². The van der Waals surface area contributed by atoms with Crippen LogP contribution in [0.15, 0.2) is 24.3 Å². The fourth-order valence-electron chi connectivity index (χ4n) is 2.73. The van der Waals surface area contributed by atoms with Gasteiger partial charge < -0.3 is 14.8 Å². The summed E-state index contributed by atoms with van der Waals surface area (Å²) >= 11 is 0. The van der Waals surface area contributed by atoms with Crippen LogP contribution in [0.2, 0.25) is 0 Å². The van der Waals surface area contributed by atoms with Gasteiger partial charge in [0.2, 0.25) is 5.91 Å². The van der Waals surface area contributed by atoms with Crippen LogP contribution in [0.25, 0.3) is 0 Å². The molecular weight excluding hydrogens is 278 g/mol. The average Bonchev–Trinajstić information content (AvgIpc) is 3.23. The van der Waals surface area contributed by atoms with Crippen molar-refractivity contribution >= 4 is 5.91 Å². The van der Waals surface area contributed by atoms with E-state index in [1.54, 1.807) is 0 Å². The summed E-state index contributed by atoms with van der Waals surface area (Å²) in [6.45, 7) is 2.17. The van der Waals surface area contributed by atoms with Crippen LogP contribution >= 0.6 is 0 Å². The molecule has 1 atom stereocenters. The number of para-hydroxylation sites is 1. The molecule has 120 valence electrons. The monoisotopic (exact) mass is 303 g/mol. The minimum absolute atomic E-state index is 0.0903. The van der Waals surface area contributed by atoms with Gasteiger partial charge in [0, 0.05) is 25.1 Å². The van der Waals surface area contributed by atoms with Crippen LogP contribution < -0.4 is 10.1 Å². The van der Waals surface area contributed by atoms with Gasteiger partial charge in [-0.3, -0.25) is 4.79 Å². The molecule has 0 spiro atoms. The normalized spacial score (nSPS) is 20.8. The van der Waals surface area contributed by atoms with Crippen molar-refractivity contribution in [2.45, 2.75) is 51.2 Å². The Balaban J connectivity index is 1.42. The van der Waals surface area contributed by atoms with Gasteiger partial charge >= 0.3 is 0 Å². The topological polar surface area (TPSA) is 47.6 Å². The van der Waals surface area contributed by atoms with Crippen molar-refractivity contribution < 1.29 is 14.3 Å². The quantitative estimate of drug-likeness (QED) is 0.803. The van der Waals surface area contributed by atoms with Crippen molar-refractivity contribution in [3.05, 3.63) is 29.8 Å². The van der Waals surface area contributed by atoms with Crippen LogP contribution in [0.5, 0.6) is 5.75 Å². The molecule has 0 aromatic heterocycles. The van der Waals surface area contributed by atoms with E-state index in [0.29, 0.717) is 13.0 Å². The van der Waals surface area contributed by atoms with E-state index in [0.717, 1.165) is 49.7 Å². The van der Waals surface area contributed by atoms with Gasteiger partial charge in [-0.1, -0.05) is 18.2 Å². The van der Waals surface area contributed by atoms with Crippen LogP contribution in [0.1, 0.15) is 44.1 Å². The number of carbonyl (C=O) groups is 1. The maximum absolute atomic E-state index is 12.0. The molecule has 0 bridgehead atoms. The Morgan fingerprint density at radius 2 is 2.14 bits per heavy atom. The molecule has 1 heterocycles. The van der Waals surface area contributed by atoms with Crippen LogP contribution in [-0.4, -0.2) is 25.2 Å². The van der Waals surface area contributed by atoms with Crippen molar-refractivity contribution in [2.24, 2.45) is 5.92 Å². The van der Waals surface area contributed by atoms with Gasteiger partial charge in [0.15, 0.2) is 0 Å². The first kappa shape index (κ1) is 15.3. The van der Waals surface area contributed by atoms with Crippen molar-refractivity contribution in [1.82, 2.24) is 5.32 Å². The number of amides is 1. The van der Waals surface area contributed by atoms with Gasteiger partial charge in [-0.05, 0) is 44.1 Å². The van der Waals surface area contributed by atoms with Crippen molar-refractivity contribution in [1.29, 1.82) is 0 Å². The molecule has 1 unspecified atom stereocenters. The zero-order valence-corrected chi connectivity index (χ0v) is 13.1. The fourth-order valence-corrected chi connectivity index (χ4v) is 2.73. The molecule has 1 aromatic carbocycles. The number of hydrogen-bond acceptors (Lipinski definition) is 3. The molecule has 22 heavy (non-hydrogen) atoms. The third-order valence-electron chi connectivity index (χ3n) is 4.34. The lowest BCUT2D eigenvalue weighted by molar-refractivity contribution is -0.121. The number of benzene rings is 1. The van der Waals surface area contributed by atoms with E-state index < -0.39 is 0 Å². The summed E-state index contributed by atoms with van der Waals surface area (Å²) in [4.78, 5) is 12.0. The average molecular weight is 303 g/mol. The van der Waals surface area contributed by atoms with Crippen molar-refractivity contribution in [3.8, 4) is 5.75 Å². The number of hydrogen-bond donors (Lipinski definition) is 1. The number of nitrogens with one attached hydrogen (secondary N) is 1. The third kappa shape index (κ3) is 4.73. The minimum atomic E-state index is 0.0903. The molecule has 4 nitrogen and oxygen atoms in total.